The van der Waals surface area contributed by atoms with E-state index in [0.29, 0.717) is 6.04 Å². The van der Waals surface area contributed by atoms with E-state index in [-0.39, 0.29) is 0 Å². The van der Waals surface area contributed by atoms with Crippen LogP contribution in [0.4, 0.5) is 0 Å². The Labute approximate surface area is 79.2 Å². The summed E-state index contributed by atoms with van der Waals surface area (Å²) in [4.78, 5) is 12.6. The summed E-state index contributed by atoms with van der Waals surface area (Å²) in [6.45, 7) is 0. The van der Waals surface area contributed by atoms with Crippen LogP contribution < -0.4 is 0 Å². The van der Waals surface area contributed by atoms with Gasteiger partial charge in [0.2, 0.25) is 0 Å². The molecular formula is C11H15NO. The van der Waals surface area contributed by atoms with E-state index in [9.17, 15) is 4.79 Å². The van der Waals surface area contributed by atoms with Crippen LogP contribution in [0.15, 0.2) is 36.0 Å². The van der Waals surface area contributed by atoms with E-state index in [0.717, 1.165) is 18.3 Å². The van der Waals surface area contributed by atoms with E-state index in [2.05, 4.69) is 17.1 Å². The van der Waals surface area contributed by atoms with Crippen molar-refractivity contribution in [2.45, 2.75) is 12.5 Å². The monoisotopic (exact) mass is 177 g/mol. The Balaban J connectivity index is 2.79. The molecule has 0 aromatic rings. The molecule has 0 N–H and O–H groups in total. The van der Waals surface area contributed by atoms with Crippen molar-refractivity contribution >= 4 is 6.29 Å². The molecule has 0 heterocycles. The van der Waals surface area contributed by atoms with E-state index in [1.54, 1.807) is 0 Å². The molecule has 0 bridgehead atoms. The fourth-order valence-corrected chi connectivity index (χ4v) is 1.20. The third-order valence-electron chi connectivity index (χ3n) is 2.04. The minimum absolute atomic E-state index is 0.295. The van der Waals surface area contributed by atoms with Crippen molar-refractivity contribution in [2.75, 3.05) is 14.1 Å². The first-order valence-corrected chi connectivity index (χ1v) is 4.40. The van der Waals surface area contributed by atoms with Gasteiger partial charge in [0.15, 0.2) is 0 Å². The smallest absolute Gasteiger partial charge is 0.149 e. The Morgan fingerprint density at radius 2 is 2.23 bits per heavy atom. The minimum atomic E-state index is 0.295. The summed E-state index contributed by atoms with van der Waals surface area (Å²) < 4.78 is 0. The largest absolute Gasteiger partial charge is 0.300 e. The second kappa shape index (κ2) is 4.77. The molecule has 1 atom stereocenters. The molecule has 0 saturated heterocycles. The average molecular weight is 177 g/mol. The summed E-state index contributed by atoms with van der Waals surface area (Å²) in [7, 11) is 4.04. The molecule has 1 rings (SSSR count). The zero-order valence-corrected chi connectivity index (χ0v) is 8.10. The summed E-state index contributed by atoms with van der Waals surface area (Å²) in [5, 5.41) is 0. The number of nitrogens with zero attached hydrogens (tertiary/aromatic N) is 1. The Morgan fingerprint density at radius 3 is 2.85 bits per heavy atom. The summed E-state index contributed by atoms with van der Waals surface area (Å²) >= 11 is 0. The van der Waals surface area contributed by atoms with Crippen molar-refractivity contribution < 1.29 is 4.79 Å². The molecule has 2 heteroatoms. The highest BCUT2D eigenvalue weighted by Crippen LogP contribution is 2.06. The van der Waals surface area contributed by atoms with Gasteiger partial charge in [0, 0.05) is 11.6 Å². The standard InChI is InChI=1S/C11H15NO/c1-12(2)11-6-4-3-5-10(9-13)7-8-11/h4-9,11H,3H2,1-2H3/b6-4?,8-7?,10-5+. The number of aldehydes is 1. The van der Waals surface area contributed by atoms with Crippen LogP contribution in [0.25, 0.3) is 0 Å². The van der Waals surface area contributed by atoms with Gasteiger partial charge in [-0.3, -0.25) is 9.69 Å². The highest BCUT2D eigenvalue weighted by molar-refractivity contribution is 5.77. The van der Waals surface area contributed by atoms with Gasteiger partial charge in [-0.05, 0) is 20.5 Å². The molecule has 1 unspecified atom stereocenters. The first kappa shape index (κ1) is 9.93. The van der Waals surface area contributed by atoms with Gasteiger partial charge in [-0.15, -0.1) is 0 Å². The van der Waals surface area contributed by atoms with E-state index < -0.39 is 0 Å². The van der Waals surface area contributed by atoms with Crippen LogP contribution in [-0.4, -0.2) is 31.3 Å². The SMILES string of the molecule is CN(C)C1C=CC/C=C(/C=O)C=C1. The van der Waals surface area contributed by atoms with Gasteiger partial charge in [-0.2, -0.15) is 0 Å². The zero-order valence-electron chi connectivity index (χ0n) is 8.10. The van der Waals surface area contributed by atoms with Gasteiger partial charge in [-0.25, -0.2) is 0 Å². The number of likely N-dealkylation sites (N-methyl/N-ethyl adjacent to an activating group) is 1. The van der Waals surface area contributed by atoms with Crippen LogP contribution in [0.3, 0.4) is 0 Å². The number of carbonyl (C=O) groups is 1. The lowest BCUT2D eigenvalue weighted by molar-refractivity contribution is -0.104. The molecule has 0 aromatic carbocycles. The molecule has 0 aliphatic heterocycles. The van der Waals surface area contributed by atoms with E-state index in [4.69, 9.17) is 0 Å². The Kier molecular flexibility index (Phi) is 3.65. The fraction of sp³-hybridized carbons (Fsp3) is 0.364. The second-order valence-electron chi connectivity index (χ2n) is 3.30. The highest BCUT2D eigenvalue weighted by atomic mass is 16.1. The van der Waals surface area contributed by atoms with Gasteiger partial charge < -0.3 is 0 Å². The van der Waals surface area contributed by atoms with Crippen LogP contribution in [0, 0.1) is 0 Å². The van der Waals surface area contributed by atoms with E-state index >= 15 is 0 Å². The lowest BCUT2D eigenvalue weighted by Gasteiger charge is -2.17. The number of hydrogen-bond acceptors (Lipinski definition) is 2. The third-order valence-corrected chi connectivity index (χ3v) is 2.04. The van der Waals surface area contributed by atoms with Crippen molar-refractivity contribution in [3.63, 3.8) is 0 Å². The zero-order chi connectivity index (χ0) is 9.68. The predicted octanol–water partition coefficient (Wildman–Crippen LogP) is 1.56. The molecule has 0 radical (unpaired) electrons. The summed E-state index contributed by atoms with van der Waals surface area (Å²) in [5.74, 6) is 0. The Hall–Kier alpha value is -1.15. The molecule has 1 aliphatic carbocycles. The van der Waals surface area contributed by atoms with Crippen molar-refractivity contribution in [2.24, 2.45) is 0 Å². The Morgan fingerprint density at radius 1 is 1.46 bits per heavy atom. The fourth-order valence-electron chi connectivity index (χ4n) is 1.20. The van der Waals surface area contributed by atoms with Crippen LogP contribution in [-0.2, 0) is 4.79 Å². The van der Waals surface area contributed by atoms with Crippen LogP contribution >= 0.6 is 0 Å². The van der Waals surface area contributed by atoms with Gasteiger partial charge >= 0.3 is 0 Å². The molecule has 0 spiro atoms. The average Bonchev–Trinajstić information content (AvgIpc) is 2.03. The number of carbonyl (C=O) groups excluding carboxylic acids is 1. The lowest BCUT2D eigenvalue weighted by Crippen LogP contribution is -2.23. The van der Waals surface area contributed by atoms with Gasteiger partial charge in [0.1, 0.15) is 6.29 Å². The third kappa shape index (κ3) is 2.99. The quantitative estimate of drug-likeness (QED) is 0.471. The first-order valence-electron chi connectivity index (χ1n) is 4.40. The van der Waals surface area contributed by atoms with Crippen LogP contribution in [0.1, 0.15) is 6.42 Å². The first-order chi connectivity index (χ1) is 6.24. The van der Waals surface area contributed by atoms with E-state index in [1.807, 2.05) is 32.3 Å². The second-order valence-corrected chi connectivity index (χ2v) is 3.30. The summed E-state index contributed by atoms with van der Waals surface area (Å²) in [5.41, 5.74) is 0.760. The maximum atomic E-state index is 10.5. The number of allylic oxidation sites excluding steroid dienone is 4. The van der Waals surface area contributed by atoms with Crippen molar-refractivity contribution in [3.8, 4) is 0 Å². The van der Waals surface area contributed by atoms with E-state index in [1.165, 1.54) is 0 Å². The normalized spacial score (nSPS) is 26.4. The predicted molar refractivity (Wildman–Crippen MR) is 54.5 cm³/mol. The van der Waals surface area contributed by atoms with Crippen LogP contribution in [0.5, 0.6) is 0 Å². The molecule has 0 saturated carbocycles. The minimum Gasteiger partial charge on any atom is -0.300 e. The highest BCUT2D eigenvalue weighted by Gasteiger charge is 2.03. The molecule has 70 valence electrons. The maximum absolute atomic E-state index is 10.5. The molecular weight excluding hydrogens is 162 g/mol. The topological polar surface area (TPSA) is 20.3 Å². The number of hydrogen-bond donors (Lipinski definition) is 0. The number of rotatable bonds is 2. The van der Waals surface area contributed by atoms with Crippen molar-refractivity contribution in [1.29, 1.82) is 0 Å². The summed E-state index contributed by atoms with van der Waals surface area (Å²) in [6, 6.07) is 0.295. The van der Waals surface area contributed by atoms with Gasteiger partial charge in [0.05, 0.1) is 0 Å². The Bertz CT molecular complexity index is 261. The lowest BCUT2D eigenvalue weighted by atomic mass is 10.1. The van der Waals surface area contributed by atoms with Gasteiger partial charge in [0.25, 0.3) is 0 Å². The summed E-state index contributed by atoms with van der Waals surface area (Å²) in [6.07, 6.45) is 11.8. The van der Waals surface area contributed by atoms with Crippen molar-refractivity contribution in [3.05, 3.63) is 36.0 Å². The molecule has 2 nitrogen and oxygen atoms in total. The van der Waals surface area contributed by atoms with Gasteiger partial charge in [-0.1, -0.05) is 30.4 Å². The molecule has 13 heavy (non-hydrogen) atoms. The molecule has 1 aliphatic rings. The molecule has 0 aromatic heterocycles. The van der Waals surface area contributed by atoms with Crippen molar-refractivity contribution in [1.82, 2.24) is 4.90 Å². The van der Waals surface area contributed by atoms with Crippen LogP contribution in [0.2, 0.25) is 0 Å². The molecule has 0 fully saturated rings. The molecule has 0 amide bonds. The maximum Gasteiger partial charge on any atom is 0.149 e.